The Balaban J connectivity index is 1.85. The van der Waals surface area contributed by atoms with Crippen molar-refractivity contribution in [3.63, 3.8) is 0 Å². The number of amides is 1. The Bertz CT molecular complexity index is 1110. The van der Waals surface area contributed by atoms with Crippen LogP contribution in [0.3, 0.4) is 0 Å². The largest absolute Gasteiger partial charge is 0.491 e. The van der Waals surface area contributed by atoms with Gasteiger partial charge in [0.15, 0.2) is 6.10 Å². The van der Waals surface area contributed by atoms with Crippen molar-refractivity contribution in [1.29, 1.82) is 0 Å². The van der Waals surface area contributed by atoms with E-state index in [1.165, 1.54) is 13.2 Å². The molecule has 0 aliphatic carbocycles. The number of rotatable bonds is 10. The molecule has 0 bridgehead atoms. The number of carbonyl (C=O) groups is 2. The van der Waals surface area contributed by atoms with Crippen molar-refractivity contribution < 1.29 is 34.0 Å². The number of aliphatic hydroxyl groups is 1. The van der Waals surface area contributed by atoms with E-state index in [9.17, 15) is 9.59 Å². The number of methoxy groups -OCH3 is 1. The Morgan fingerprint density at radius 2 is 1.76 bits per heavy atom. The Hall–Kier alpha value is -3.88. The Kier molecular flexibility index (Phi) is 8.40. The quantitative estimate of drug-likeness (QED) is 0.397. The lowest BCUT2D eigenvalue weighted by molar-refractivity contribution is -0.131. The van der Waals surface area contributed by atoms with Gasteiger partial charge in [-0.15, -0.1) is 0 Å². The van der Waals surface area contributed by atoms with Gasteiger partial charge in [0.05, 0.1) is 12.3 Å². The molecule has 0 spiro atoms. The zero-order valence-corrected chi connectivity index (χ0v) is 18.0. The standard InChI is InChI=1S/C25H25NO7/c1-31-22(13-14-23(28)29)24(18-9-11-19(12-10-18)32-16-15-27)33-25(30)26-21-8-4-6-17-5-2-3-7-20(17)21/h2-14,22,24,27H,15-16H2,1H3,(H,26,30)(H,28,29)/b14-13+/t22-,24-/m0/s1. The number of aliphatic carboxylic acids is 1. The molecule has 0 radical (unpaired) electrons. The van der Waals surface area contributed by atoms with Crippen LogP contribution in [0, 0.1) is 0 Å². The van der Waals surface area contributed by atoms with Crippen molar-refractivity contribution in [2.45, 2.75) is 12.2 Å². The number of benzene rings is 3. The number of aliphatic hydroxyl groups excluding tert-OH is 1. The number of fused-ring (bicyclic) bond motifs is 1. The summed E-state index contributed by atoms with van der Waals surface area (Å²) in [6.07, 6.45) is -0.265. The molecule has 3 rings (SSSR count). The molecule has 0 fully saturated rings. The fourth-order valence-electron chi connectivity index (χ4n) is 3.31. The molecule has 0 aliphatic rings. The Morgan fingerprint density at radius 3 is 2.45 bits per heavy atom. The van der Waals surface area contributed by atoms with E-state index in [2.05, 4.69) is 5.32 Å². The number of carbonyl (C=O) groups excluding carboxylic acids is 1. The summed E-state index contributed by atoms with van der Waals surface area (Å²) in [6.45, 7) is 0.0301. The first-order valence-corrected chi connectivity index (χ1v) is 10.2. The van der Waals surface area contributed by atoms with Crippen molar-refractivity contribution in [3.05, 3.63) is 84.4 Å². The highest BCUT2D eigenvalue weighted by atomic mass is 16.6. The number of ether oxygens (including phenoxy) is 3. The number of carboxylic acids is 1. The maximum atomic E-state index is 12.8. The van der Waals surface area contributed by atoms with Gasteiger partial charge in [-0.3, -0.25) is 5.32 Å². The first-order valence-electron chi connectivity index (χ1n) is 10.2. The predicted molar refractivity (Wildman–Crippen MR) is 123 cm³/mol. The highest BCUT2D eigenvalue weighted by Crippen LogP contribution is 2.28. The average Bonchev–Trinajstić information content (AvgIpc) is 2.83. The Labute approximate surface area is 191 Å². The lowest BCUT2D eigenvalue weighted by Gasteiger charge is -2.24. The van der Waals surface area contributed by atoms with E-state index in [-0.39, 0.29) is 13.2 Å². The molecule has 172 valence electrons. The lowest BCUT2D eigenvalue weighted by atomic mass is 10.0. The molecule has 3 aromatic rings. The lowest BCUT2D eigenvalue weighted by Crippen LogP contribution is -2.27. The van der Waals surface area contributed by atoms with Gasteiger partial charge in [0.25, 0.3) is 0 Å². The minimum atomic E-state index is -1.15. The van der Waals surface area contributed by atoms with E-state index in [0.29, 0.717) is 17.0 Å². The minimum absolute atomic E-state index is 0.118. The van der Waals surface area contributed by atoms with Gasteiger partial charge in [0.1, 0.15) is 18.5 Å². The third-order valence-electron chi connectivity index (χ3n) is 4.83. The fraction of sp³-hybridized carbons (Fsp3) is 0.200. The van der Waals surface area contributed by atoms with E-state index in [1.807, 2.05) is 36.4 Å². The molecule has 33 heavy (non-hydrogen) atoms. The molecule has 1 amide bonds. The molecule has 2 atom stereocenters. The predicted octanol–water partition coefficient (Wildman–Crippen LogP) is 4.16. The molecular weight excluding hydrogens is 426 g/mol. The van der Waals surface area contributed by atoms with E-state index >= 15 is 0 Å². The van der Waals surface area contributed by atoms with E-state index in [0.717, 1.165) is 16.8 Å². The number of hydrogen-bond acceptors (Lipinski definition) is 6. The minimum Gasteiger partial charge on any atom is -0.491 e. The van der Waals surface area contributed by atoms with Gasteiger partial charge in [0.2, 0.25) is 0 Å². The number of anilines is 1. The van der Waals surface area contributed by atoms with Crippen molar-refractivity contribution in [2.24, 2.45) is 0 Å². The SMILES string of the molecule is CO[C@@H](/C=C/C(=O)O)[C@@H](OC(=O)Nc1cccc2ccccc12)c1ccc(OCCO)cc1. The van der Waals surface area contributed by atoms with Crippen molar-refractivity contribution in [1.82, 2.24) is 0 Å². The summed E-state index contributed by atoms with van der Waals surface area (Å²) in [4.78, 5) is 23.8. The van der Waals surface area contributed by atoms with Gasteiger partial charge in [-0.1, -0.05) is 48.5 Å². The molecule has 0 saturated carbocycles. The molecule has 8 nitrogen and oxygen atoms in total. The highest BCUT2D eigenvalue weighted by Gasteiger charge is 2.26. The number of carboxylic acid groups (broad SMARTS) is 1. The third kappa shape index (κ3) is 6.55. The third-order valence-corrected chi connectivity index (χ3v) is 4.83. The monoisotopic (exact) mass is 451 g/mol. The molecule has 0 aromatic heterocycles. The van der Waals surface area contributed by atoms with Crippen LogP contribution >= 0.6 is 0 Å². The molecule has 3 N–H and O–H groups in total. The first-order chi connectivity index (χ1) is 16.0. The van der Waals surface area contributed by atoms with Crippen LogP contribution in [-0.4, -0.2) is 48.7 Å². The topological polar surface area (TPSA) is 114 Å². The summed E-state index contributed by atoms with van der Waals surface area (Å²) in [7, 11) is 1.40. The summed E-state index contributed by atoms with van der Waals surface area (Å²) in [5.74, 6) is -0.620. The van der Waals surface area contributed by atoms with E-state index in [4.69, 9.17) is 24.4 Å². The summed E-state index contributed by atoms with van der Waals surface area (Å²) in [6, 6.07) is 19.8. The second-order valence-electron chi connectivity index (χ2n) is 7.02. The van der Waals surface area contributed by atoms with Gasteiger partial charge < -0.3 is 24.4 Å². The maximum Gasteiger partial charge on any atom is 0.412 e. The average molecular weight is 451 g/mol. The van der Waals surface area contributed by atoms with Gasteiger partial charge in [-0.05, 0) is 35.2 Å². The second-order valence-corrected chi connectivity index (χ2v) is 7.02. The molecule has 0 heterocycles. The summed E-state index contributed by atoms with van der Waals surface area (Å²) in [5, 5.41) is 22.5. The first kappa shape index (κ1) is 23.8. The molecular formula is C25H25NO7. The van der Waals surface area contributed by atoms with Crippen LogP contribution in [0.4, 0.5) is 10.5 Å². The van der Waals surface area contributed by atoms with Crippen LogP contribution in [0.15, 0.2) is 78.9 Å². The van der Waals surface area contributed by atoms with Crippen LogP contribution in [-0.2, 0) is 14.3 Å². The molecule has 3 aromatic carbocycles. The maximum absolute atomic E-state index is 12.8. The van der Waals surface area contributed by atoms with Crippen LogP contribution in [0.25, 0.3) is 10.8 Å². The summed E-state index contributed by atoms with van der Waals surface area (Å²) >= 11 is 0. The molecule has 0 saturated heterocycles. The van der Waals surface area contributed by atoms with Crippen molar-refractivity contribution in [3.8, 4) is 5.75 Å². The van der Waals surface area contributed by atoms with Gasteiger partial charge in [-0.25, -0.2) is 9.59 Å². The van der Waals surface area contributed by atoms with E-state index in [1.54, 1.807) is 30.3 Å². The molecule has 0 aliphatic heterocycles. The second kappa shape index (κ2) is 11.7. The van der Waals surface area contributed by atoms with Crippen LogP contribution < -0.4 is 10.1 Å². The van der Waals surface area contributed by atoms with Gasteiger partial charge in [0, 0.05) is 18.6 Å². The van der Waals surface area contributed by atoms with Crippen LogP contribution in [0.5, 0.6) is 5.75 Å². The number of nitrogens with one attached hydrogen (secondary N) is 1. The molecule has 8 heteroatoms. The normalized spacial score (nSPS) is 12.9. The van der Waals surface area contributed by atoms with Gasteiger partial charge >= 0.3 is 12.1 Å². The van der Waals surface area contributed by atoms with Crippen LogP contribution in [0.2, 0.25) is 0 Å². The number of hydrogen-bond donors (Lipinski definition) is 3. The smallest absolute Gasteiger partial charge is 0.412 e. The zero-order chi connectivity index (χ0) is 23.6. The van der Waals surface area contributed by atoms with E-state index < -0.39 is 24.3 Å². The summed E-state index contributed by atoms with van der Waals surface area (Å²) in [5.41, 5.74) is 1.15. The fourth-order valence-corrected chi connectivity index (χ4v) is 3.31. The van der Waals surface area contributed by atoms with Crippen molar-refractivity contribution in [2.75, 3.05) is 25.6 Å². The van der Waals surface area contributed by atoms with Crippen molar-refractivity contribution >= 4 is 28.5 Å². The zero-order valence-electron chi connectivity index (χ0n) is 18.0. The van der Waals surface area contributed by atoms with Gasteiger partial charge in [-0.2, -0.15) is 0 Å². The molecule has 0 unspecified atom stereocenters. The highest BCUT2D eigenvalue weighted by molar-refractivity contribution is 6.00. The summed E-state index contributed by atoms with van der Waals surface area (Å²) < 4.78 is 16.5. The Morgan fingerprint density at radius 1 is 1.03 bits per heavy atom. The van der Waals surface area contributed by atoms with Crippen LogP contribution in [0.1, 0.15) is 11.7 Å².